The number of nitrogens with one attached hydrogen (secondary N) is 1. The first-order valence-electron chi connectivity index (χ1n) is 8.59. The molecule has 0 bridgehead atoms. The summed E-state index contributed by atoms with van der Waals surface area (Å²) in [7, 11) is 1.58. The van der Waals surface area contributed by atoms with Crippen molar-refractivity contribution in [2.75, 3.05) is 7.11 Å². The number of hydrogen-bond acceptors (Lipinski definition) is 4. The molecule has 28 heavy (non-hydrogen) atoms. The van der Waals surface area contributed by atoms with Crippen molar-refractivity contribution in [2.24, 2.45) is 5.10 Å². The van der Waals surface area contributed by atoms with Crippen LogP contribution in [0.5, 0.6) is 11.5 Å². The summed E-state index contributed by atoms with van der Waals surface area (Å²) in [6, 6.07) is 22.4. The van der Waals surface area contributed by atoms with E-state index in [1.165, 1.54) is 0 Å². The third-order valence-corrected chi connectivity index (χ3v) is 4.44. The Balaban J connectivity index is 1.61. The maximum atomic E-state index is 12.1. The smallest absolute Gasteiger partial charge is 0.271 e. The van der Waals surface area contributed by atoms with Gasteiger partial charge in [-0.25, -0.2) is 5.43 Å². The Labute approximate surface area is 172 Å². The monoisotopic (exact) mass is 438 g/mol. The Bertz CT molecular complexity index is 957. The molecule has 3 aromatic carbocycles. The van der Waals surface area contributed by atoms with Crippen molar-refractivity contribution in [3.05, 3.63) is 94.0 Å². The van der Waals surface area contributed by atoms with Gasteiger partial charge < -0.3 is 9.47 Å². The molecular weight excluding hydrogens is 420 g/mol. The molecule has 5 nitrogen and oxygen atoms in total. The van der Waals surface area contributed by atoms with Crippen LogP contribution in [-0.4, -0.2) is 19.2 Å². The van der Waals surface area contributed by atoms with Crippen molar-refractivity contribution in [3.63, 3.8) is 0 Å². The Hall–Kier alpha value is -3.12. The third kappa shape index (κ3) is 5.44. The average Bonchev–Trinajstić information content (AvgIpc) is 2.73. The first kappa shape index (κ1) is 19.6. The quantitative estimate of drug-likeness (QED) is 0.425. The largest absolute Gasteiger partial charge is 0.493 e. The minimum Gasteiger partial charge on any atom is -0.493 e. The molecule has 3 rings (SSSR count). The van der Waals surface area contributed by atoms with E-state index in [0.717, 1.165) is 15.6 Å². The van der Waals surface area contributed by atoms with Gasteiger partial charge in [0.05, 0.1) is 13.3 Å². The predicted molar refractivity (Wildman–Crippen MR) is 113 cm³/mol. The summed E-state index contributed by atoms with van der Waals surface area (Å²) < 4.78 is 12.2. The molecule has 0 aromatic heterocycles. The fourth-order valence-electron chi connectivity index (χ4n) is 2.45. The summed E-state index contributed by atoms with van der Waals surface area (Å²) in [6.45, 7) is 0.452. The molecule has 0 atom stereocenters. The van der Waals surface area contributed by atoms with E-state index in [1.54, 1.807) is 43.7 Å². The van der Waals surface area contributed by atoms with Crippen molar-refractivity contribution >= 4 is 28.1 Å². The lowest BCUT2D eigenvalue weighted by atomic mass is 10.2. The molecule has 0 aliphatic heterocycles. The van der Waals surface area contributed by atoms with Crippen molar-refractivity contribution in [1.29, 1.82) is 0 Å². The highest BCUT2D eigenvalue weighted by molar-refractivity contribution is 9.10. The SMILES string of the molecule is COc1cc(C=NNC(=O)c2ccc(Br)cc2)ccc1OCc1ccccc1. The molecule has 1 amide bonds. The van der Waals surface area contributed by atoms with Crippen LogP contribution in [0.25, 0.3) is 0 Å². The lowest BCUT2D eigenvalue weighted by Crippen LogP contribution is -2.17. The topological polar surface area (TPSA) is 59.9 Å². The van der Waals surface area contributed by atoms with Crippen LogP contribution in [0.4, 0.5) is 0 Å². The first-order chi connectivity index (χ1) is 13.7. The summed E-state index contributed by atoms with van der Waals surface area (Å²) in [6.07, 6.45) is 1.56. The fourth-order valence-corrected chi connectivity index (χ4v) is 2.71. The molecule has 0 radical (unpaired) electrons. The number of methoxy groups -OCH3 is 1. The molecule has 0 heterocycles. The van der Waals surface area contributed by atoms with Crippen LogP contribution >= 0.6 is 15.9 Å². The molecule has 3 aromatic rings. The Kier molecular flexibility index (Phi) is 6.81. The van der Waals surface area contributed by atoms with Crippen LogP contribution in [0.2, 0.25) is 0 Å². The zero-order valence-corrected chi connectivity index (χ0v) is 16.8. The van der Waals surface area contributed by atoms with E-state index < -0.39 is 0 Å². The third-order valence-electron chi connectivity index (χ3n) is 3.91. The van der Waals surface area contributed by atoms with Gasteiger partial charge in [0.2, 0.25) is 0 Å². The van der Waals surface area contributed by atoms with Gasteiger partial charge in [-0.3, -0.25) is 4.79 Å². The first-order valence-corrected chi connectivity index (χ1v) is 9.39. The lowest BCUT2D eigenvalue weighted by molar-refractivity contribution is 0.0955. The summed E-state index contributed by atoms with van der Waals surface area (Å²) >= 11 is 3.34. The zero-order valence-electron chi connectivity index (χ0n) is 15.3. The number of hydrazone groups is 1. The van der Waals surface area contributed by atoms with Crippen LogP contribution in [0, 0.1) is 0 Å². The normalized spacial score (nSPS) is 10.6. The van der Waals surface area contributed by atoms with E-state index in [9.17, 15) is 4.79 Å². The number of halogens is 1. The number of benzene rings is 3. The fraction of sp³-hybridized carbons (Fsp3) is 0.0909. The summed E-state index contributed by atoms with van der Waals surface area (Å²) in [5.41, 5.74) is 4.89. The van der Waals surface area contributed by atoms with Crippen LogP contribution in [0.15, 0.2) is 82.4 Å². The molecule has 0 aliphatic rings. The van der Waals surface area contributed by atoms with Crippen molar-refractivity contribution in [3.8, 4) is 11.5 Å². The minimum absolute atomic E-state index is 0.279. The second-order valence-electron chi connectivity index (χ2n) is 5.89. The van der Waals surface area contributed by atoms with Crippen LogP contribution < -0.4 is 14.9 Å². The van der Waals surface area contributed by atoms with Gasteiger partial charge in [0, 0.05) is 10.0 Å². The van der Waals surface area contributed by atoms with Gasteiger partial charge in [-0.05, 0) is 53.6 Å². The lowest BCUT2D eigenvalue weighted by Gasteiger charge is -2.11. The number of hydrogen-bond donors (Lipinski definition) is 1. The molecule has 0 unspecified atom stereocenters. The van der Waals surface area contributed by atoms with Crippen LogP contribution in [0.1, 0.15) is 21.5 Å². The molecule has 0 saturated heterocycles. The number of ether oxygens (including phenoxy) is 2. The number of carbonyl (C=O) groups is 1. The number of rotatable bonds is 7. The summed E-state index contributed by atoms with van der Waals surface area (Å²) in [4.78, 5) is 12.1. The minimum atomic E-state index is -0.279. The molecular formula is C22H19BrN2O3. The average molecular weight is 439 g/mol. The van der Waals surface area contributed by atoms with E-state index in [4.69, 9.17) is 9.47 Å². The van der Waals surface area contributed by atoms with E-state index in [2.05, 4.69) is 26.5 Å². The standard InChI is InChI=1S/C22H19BrN2O3/c1-27-21-13-17(7-12-20(21)28-15-16-5-3-2-4-6-16)14-24-25-22(26)18-8-10-19(23)11-9-18/h2-14H,15H2,1H3,(H,25,26). The molecule has 0 saturated carbocycles. The van der Waals surface area contributed by atoms with Gasteiger partial charge in [-0.1, -0.05) is 46.3 Å². The van der Waals surface area contributed by atoms with Crippen LogP contribution in [0.3, 0.4) is 0 Å². The van der Waals surface area contributed by atoms with Gasteiger partial charge in [0.1, 0.15) is 6.61 Å². The van der Waals surface area contributed by atoms with Gasteiger partial charge in [-0.15, -0.1) is 0 Å². The van der Waals surface area contributed by atoms with E-state index in [-0.39, 0.29) is 5.91 Å². The maximum Gasteiger partial charge on any atom is 0.271 e. The van der Waals surface area contributed by atoms with Gasteiger partial charge in [0.15, 0.2) is 11.5 Å². The molecule has 0 aliphatic carbocycles. The van der Waals surface area contributed by atoms with E-state index >= 15 is 0 Å². The maximum absolute atomic E-state index is 12.1. The number of nitrogens with zero attached hydrogens (tertiary/aromatic N) is 1. The number of amides is 1. The van der Waals surface area contributed by atoms with Crippen LogP contribution in [-0.2, 0) is 6.61 Å². The van der Waals surface area contributed by atoms with E-state index in [0.29, 0.717) is 23.7 Å². The molecule has 6 heteroatoms. The van der Waals surface area contributed by atoms with Gasteiger partial charge in [-0.2, -0.15) is 5.10 Å². The Morgan fingerprint density at radius 2 is 1.79 bits per heavy atom. The summed E-state index contributed by atoms with van der Waals surface area (Å²) in [5, 5.41) is 4.01. The Morgan fingerprint density at radius 1 is 1.04 bits per heavy atom. The van der Waals surface area contributed by atoms with Gasteiger partial charge >= 0.3 is 0 Å². The summed E-state index contributed by atoms with van der Waals surface area (Å²) in [5.74, 6) is 0.958. The van der Waals surface area contributed by atoms with Crippen molar-refractivity contribution in [1.82, 2.24) is 5.43 Å². The van der Waals surface area contributed by atoms with Crippen molar-refractivity contribution < 1.29 is 14.3 Å². The second-order valence-corrected chi connectivity index (χ2v) is 6.81. The molecule has 0 spiro atoms. The molecule has 142 valence electrons. The highest BCUT2D eigenvalue weighted by Crippen LogP contribution is 2.28. The predicted octanol–water partition coefficient (Wildman–Crippen LogP) is 4.80. The second kappa shape index (κ2) is 9.71. The van der Waals surface area contributed by atoms with E-state index in [1.807, 2.05) is 42.5 Å². The van der Waals surface area contributed by atoms with Gasteiger partial charge in [0.25, 0.3) is 5.91 Å². The zero-order chi connectivity index (χ0) is 19.8. The highest BCUT2D eigenvalue weighted by Gasteiger charge is 2.06. The molecule has 1 N–H and O–H groups in total. The highest BCUT2D eigenvalue weighted by atomic mass is 79.9. The van der Waals surface area contributed by atoms with Crippen molar-refractivity contribution in [2.45, 2.75) is 6.61 Å². The molecule has 0 fully saturated rings. The number of carbonyl (C=O) groups excluding carboxylic acids is 1. The Morgan fingerprint density at radius 3 is 2.50 bits per heavy atom.